The Labute approximate surface area is 87.4 Å². The van der Waals surface area contributed by atoms with Gasteiger partial charge in [-0.15, -0.1) is 0 Å². The van der Waals surface area contributed by atoms with E-state index in [4.69, 9.17) is 39.6 Å². The third-order valence-corrected chi connectivity index (χ3v) is 0.333. The van der Waals surface area contributed by atoms with Crippen molar-refractivity contribution in [3.8, 4) is 0 Å². The molecule has 9 nitrogen and oxygen atoms in total. The summed E-state index contributed by atoms with van der Waals surface area (Å²) in [6.45, 7) is 0. The first-order valence-electron chi connectivity index (χ1n) is 2.13. The van der Waals surface area contributed by atoms with Gasteiger partial charge < -0.3 is 45.8 Å². The fourth-order valence-corrected chi connectivity index (χ4v) is 0. The second-order valence-electron chi connectivity index (χ2n) is 1.15. The molecular formula is C4H4MnNO8. The van der Waals surface area contributed by atoms with E-state index in [2.05, 4.69) is 0 Å². The van der Waals surface area contributed by atoms with Crippen LogP contribution in [0.15, 0.2) is 0 Å². The van der Waals surface area contributed by atoms with Gasteiger partial charge in [0.1, 0.15) is 0 Å². The van der Waals surface area contributed by atoms with Crippen LogP contribution in [0.3, 0.4) is 0 Å². The molecule has 0 saturated carbocycles. The van der Waals surface area contributed by atoms with Crippen LogP contribution in [-0.2, 0) is 36.2 Å². The molecule has 0 spiro atoms. The van der Waals surface area contributed by atoms with Gasteiger partial charge in [0.25, 0.3) is 0 Å². The molecule has 0 bridgehead atoms. The van der Waals surface area contributed by atoms with Crippen molar-refractivity contribution < 1.29 is 56.7 Å². The van der Waals surface area contributed by atoms with Gasteiger partial charge in [-0.3, -0.25) is 0 Å². The first-order chi connectivity index (χ1) is 5.29. The Morgan fingerprint density at radius 2 is 0.643 bits per heavy atom. The zero-order valence-electron chi connectivity index (χ0n) is 6.64. The van der Waals surface area contributed by atoms with Crippen molar-refractivity contribution in [1.29, 1.82) is 0 Å². The first-order valence-corrected chi connectivity index (χ1v) is 2.13. The molecule has 0 radical (unpaired) electrons. The number of carboxylic acids is 4. The molecule has 0 unspecified atom stereocenters. The summed E-state index contributed by atoms with van der Waals surface area (Å²) in [5, 5.41) is 35.7. The summed E-state index contributed by atoms with van der Waals surface area (Å²) in [6.07, 6.45) is 0. The molecule has 4 N–H and O–H groups in total. The summed E-state index contributed by atoms with van der Waals surface area (Å²) in [7, 11) is 0. The normalized spacial score (nSPS) is 6.29. The second kappa shape index (κ2) is 11.4. The number of quaternary nitrogens is 1. The van der Waals surface area contributed by atoms with Gasteiger partial charge in [-0.2, -0.15) is 0 Å². The summed E-state index contributed by atoms with van der Waals surface area (Å²) in [5.41, 5.74) is 0. The Kier molecular flexibility index (Phi) is 18.5. The number of rotatable bonds is 0. The third kappa shape index (κ3) is 22.4. The zero-order chi connectivity index (χ0) is 10.3. The zero-order valence-corrected chi connectivity index (χ0v) is 7.82. The monoisotopic (exact) mass is 249 g/mol. The van der Waals surface area contributed by atoms with Gasteiger partial charge in [-0.05, 0) is 0 Å². The van der Waals surface area contributed by atoms with Crippen LogP contribution in [0.4, 0.5) is 0 Å². The molecule has 0 rings (SSSR count). The van der Waals surface area contributed by atoms with Gasteiger partial charge in [0.15, 0.2) is 0 Å². The molecule has 0 aliphatic carbocycles. The molecule has 10 heteroatoms. The Balaban J connectivity index is -0.0000000625. The number of carboxylic acid groups (broad SMARTS) is 4. The molecule has 0 amide bonds. The molecule has 0 aliphatic rings. The smallest absolute Gasteiger partial charge is 0.543 e. The van der Waals surface area contributed by atoms with E-state index in [1.165, 1.54) is 0 Å². The fourth-order valence-electron chi connectivity index (χ4n) is 0. The summed E-state index contributed by atoms with van der Waals surface area (Å²) in [5.74, 6) is -8.74. The minimum absolute atomic E-state index is 0. The van der Waals surface area contributed by atoms with Crippen molar-refractivity contribution in [3.63, 3.8) is 0 Å². The molecule has 0 aliphatic heterocycles. The summed E-state index contributed by atoms with van der Waals surface area (Å²) >= 11 is 0. The number of aliphatic carboxylic acids is 4. The van der Waals surface area contributed by atoms with Crippen LogP contribution < -0.4 is 26.6 Å². The largest absolute Gasteiger partial charge is 3.00 e. The SMILES string of the molecule is O=C([O-])C(=O)[O-].O=C([O-])C(=O)[O-].[Mn+3].[NH4+]. The van der Waals surface area contributed by atoms with E-state index in [9.17, 15) is 0 Å². The van der Waals surface area contributed by atoms with Crippen LogP contribution in [0.2, 0.25) is 0 Å². The maximum Gasteiger partial charge on any atom is 3.00 e. The van der Waals surface area contributed by atoms with Crippen molar-refractivity contribution >= 4 is 23.9 Å². The van der Waals surface area contributed by atoms with Gasteiger partial charge in [0.2, 0.25) is 0 Å². The van der Waals surface area contributed by atoms with Gasteiger partial charge in [0.05, 0.1) is 23.9 Å². The predicted molar refractivity (Wildman–Crippen MR) is 26.0 cm³/mol. The van der Waals surface area contributed by atoms with E-state index in [1.807, 2.05) is 0 Å². The van der Waals surface area contributed by atoms with E-state index in [0.29, 0.717) is 0 Å². The molecule has 0 aromatic carbocycles. The van der Waals surface area contributed by atoms with Crippen molar-refractivity contribution in [3.05, 3.63) is 0 Å². The number of hydrogen-bond donors (Lipinski definition) is 1. The molecule has 0 aromatic rings. The number of carbonyl (C=O) groups excluding carboxylic acids is 4. The Morgan fingerprint density at radius 3 is 0.643 bits per heavy atom. The van der Waals surface area contributed by atoms with Gasteiger partial charge >= 0.3 is 17.1 Å². The molecule has 0 aromatic heterocycles. The molecule has 14 heavy (non-hydrogen) atoms. The summed E-state index contributed by atoms with van der Waals surface area (Å²) in [6, 6.07) is 0. The molecule has 0 fully saturated rings. The van der Waals surface area contributed by atoms with E-state index < -0.39 is 23.9 Å². The molecule has 80 valence electrons. The van der Waals surface area contributed by atoms with Crippen LogP contribution in [0.5, 0.6) is 0 Å². The van der Waals surface area contributed by atoms with Gasteiger partial charge in [-0.1, -0.05) is 0 Å². The van der Waals surface area contributed by atoms with Crippen molar-refractivity contribution in [1.82, 2.24) is 6.15 Å². The van der Waals surface area contributed by atoms with Crippen molar-refractivity contribution in [2.45, 2.75) is 0 Å². The fraction of sp³-hybridized carbons (Fsp3) is 0. The van der Waals surface area contributed by atoms with E-state index in [-0.39, 0.29) is 23.2 Å². The van der Waals surface area contributed by atoms with E-state index >= 15 is 0 Å². The quantitative estimate of drug-likeness (QED) is 0.322. The number of carbonyl (C=O) groups is 4. The maximum atomic E-state index is 8.93. The van der Waals surface area contributed by atoms with Crippen LogP contribution in [-0.4, -0.2) is 23.9 Å². The standard InChI is InChI=1S/2C2H2O4.Mn.H3N/c2*3-1(4)2(5)6;;/h2*(H,3,4)(H,5,6);;1H3/q;;+3;/p-3. The van der Waals surface area contributed by atoms with E-state index in [0.717, 1.165) is 0 Å². The average molecular weight is 249 g/mol. The van der Waals surface area contributed by atoms with Crippen LogP contribution in [0.1, 0.15) is 0 Å². The van der Waals surface area contributed by atoms with Gasteiger partial charge in [0, 0.05) is 0 Å². The summed E-state index contributed by atoms with van der Waals surface area (Å²) < 4.78 is 0. The minimum atomic E-state index is -2.19. The number of hydrogen-bond acceptors (Lipinski definition) is 8. The Morgan fingerprint density at radius 1 is 0.571 bits per heavy atom. The maximum absolute atomic E-state index is 8.93. The van der Waals surface area contributed by atoms with Crippen LogP contribution >= 0.6 is 0 Å². The minimum Gasteiger partial charge on any atom is -0.543 e. The Hall–Kier alpha value is -1.64. The summed E-state index contributed by atoms with van der Waals surface area (Å²) in [4.78, 5) is 35.7. The third-order valence-electron chi connectivity index (χ3n) is 0.333. The average Bonchev–Trinajstić information content (AvgIpc) is 1.88. The van der Waals surface area contributed by atoms with Crippen molar-refractivity contribution in [2.75, 3.05) is 0 Å². The molecule has 0 heterocycles. The molecule has 0 saturated heterocycles. The van der Waals surface area contributed by atoms with Crippen LogP contribution in [0, 0.1) is 0 Å². The predicted octanol–water partition coefficient (Wildman–Crippen LogP) is -6.65. The molecular weight excluding hydrogens is 245 g/mol. The Bertz CT molecular complexity index is 177. The van der Waals surface area contributed by atoms with E-state index in [1.54, 1.807) is 0 Å². The first kappa shape index (κ1) is 22.8. The van der Waals surface area contributed by atoms with Gasteiger partial charge in [-0.25, -0.2) is 0 Å². The second-order valence-corrected chi connectivity index (χ2v) is 1.15. The topological polar surface area (TPSA) is 197 Å². The van der Waals surface area contributed by atoms with Crippen LogP contribution in [0.25, 0.3) is 0 Å². The molecule has 0 atom stereocenters. The van der Waals surface area contributed by atoms with Crippen molar-refractivity contribution in [2.24, 2.45) is 0 Å².